The van der Waals surface area contributed by atoms with E-state index in [0.717, 1.165) is 17.4 Å². The molecule has 29 heavy (non-hydrogen) atoms. The summed E-state index contributed by atoms with van der Waals surface area (Å²) in [6.07, 6.45) is 5.84. The topological polar surface area (TPSA) is 73.0 Å². The number of benzene rings is 1. The minimum atomic E-state index is -0.455. The number of nitrogens with one attached hydrogen (secondary N) is 1. The second-order valence-corrected chi connectivity index (χ2v) is 8.17. The van der Waals surface area contributed by atoms with Gasteiger partial charge in [0.05, 0.1) is 6.26 Å². The van der Waals surface area contributed by atoms with E-state index in [1.807, 2.05) is 6.07 Å². The number of carbonyl (C=O) groups excluding carboxylic acids is 1. The van der Waals surface area contributed by atoms with Gasteiger partial charge in [0.1, 0.15) is 11.5 Å². The van der Waals surface area contributed by atoms with E-state index in [1.54, 1.807) is 24.5 Å². The zero-order valence-corrected chi connectivity index (χ0v) is 16.4. The van der Waals surface area contributed by atoms with E-state index in [4.69, 9.17) is 4.42 Å². The van der Waals surface area contributed by atoms with Crippen LogP contribution in [-0.4, -0.2) is 20.7 Å². The number of hydrogen-bond donors (Lipinski definition) is 1. The van der Waals surface area contributed by atoms with E-state index < -0.39 is 11.7 Å². The van der Waals surface area contributed by atoms with Crippen LogP contribution in [0.15, 0.2) is 59.5 Å². The predicted molar refractivity (Wildman–Crippen MR) is 109 cm³/mol. The molecule has 0 saturated heterocycles. The van der Waals surface area contributed by atoms with Crippen molar-refractivity contribution in [3.63, 3.8) is 0 Å². The summed E-state index contributed by atoms with van der Waals surface area (Å²) in [6.45, 7) is 6.50. The fraction of sp³-hybridized carbons (Fsp3) is 0.227. The van der Waals surface area contributed by atoms with Gasteiger partial charge in [-0.3, -0.25) is 4.79 Å². The average Bonchev–Trinajstić information content (AvgIpc) is 3.31. The van der Waals surface area contributed by atoms with E-state index in [9.17, 15) is 9.18 Å². The molecule has 148 valence electrons. The molecule has 0 radical (unpaired) electrons. The molecule has 1 aromatic carbocycles. The SMILES string of the molecule is CC(C)(C)Cc1cnc2nn(-c3cc(NC(=O)c4ccco4)ccc3F)cc2c1. The third-order valence-electron chi connectivity index (χ3n) is 4.35. The third kappa shape index (κ3) is 4.18. The van der Waals surface area contributed by atoms with Crippen LogP contribution in [0.1, 0.15) is 36.9 Å². The largest absolute Gasteiger partial charge is 0.459 e. The monoisotopic (exact) mass is 392 g/mol. The summed E-state index contributed by atoms with van der Waals surface area (Å²) in [6, 6.07) is 9.51. The van der Waals surface area contributed by atoms with Crippen LogP contribution in [0.3, 0.4) is 0 Å². The van der Waals surface area contributed by atoms with Gasteiger partial charge in [0.25, 0.3) is 5.91 Å². The molecule has 0 fully saturated rings. The lowest BCUT2D eigenvalue weighted by Crippen LogP contribution is -2.11. The van der Waals surface area contributed by atoms with Crippen LogP contribution in [0.2, 0.25) is 0 Å². The van der Waals surface area contributed by atoms with E-state index >= 15 is 0 Å². The molecule has 0 spiro atoms. The molecule has 3 aromatic heterocycles. The number of amides is 1. The summed E-state index contributed by atoms with van der Waals surface area (Å²) in [5, 5.41) is 7.91. The van der Waals surface area contributed by atoms with Crippen molar-refractivity contribution in [2.45, 2.75) is 27.2 Å². The number of halogens is 1. The Labute approximate surface area is 167 Å². The van der Waals surface area contributed by atoms with E-state index in [1.165, 1.54) is 29.1 Å². The van der Waals surface area contributed by atoms with Gasteiger partial charge < -0.3 is 9.73 Å². The Balaban J connectivity index is 1.65. The Hall–Kier alpha value is -3.48. The van der Waals surface area contributed by atoms with Crippen LogP contribution >= 0.6 is 0 Å². The first-order valence-corrected chi connectivity index (χ1v) is 9.28. The first kappa shape index (κ1) is 18.9. The molecule has 4 rings (SSSR count). The maximum atomic E-state index is 14.5. The van der Waals surface area contributed by atoms with Crippen LogP contribution in [0.5, 0.6) is 0 Å². The zero-order valence-electron chi connectivity index (χ0n) is 16.4. The minimum Gasteiger partial charge on any atom is -0.459 e. The van der Waals surface area contributed by atoms with Crippen LogP contribution in [-0.2, 0) is 6.42 Å². The highest BCUT2D eigenvalue weighted by molar-refractivity contribution is 6.02. The predicted octanol–water partition coefficient (Wildman–Crippen LogP) is 4.99. The average molecular weight is 392 g/mol. The highest BCUT2D eigenvalue weighted by Gasteiger charge is 2.15. The molecule has 3 heterocycles. The van der Waals surface area contributed by atoms with Crippen LogP contribution in [0.4, 0.5) is 10.1 Å². The van der Waals surface area contributed by atoms with Crippen molar-refractivity contribution in [2.24, 2.45) is 5.41 Å². The molecule has 0 atom stereocenters. The third-order valence-corrected chi connectivity index (χ3v) is 4.35. The summed E-state index contributed by atoms with van der Waals surface area (Å²) in [5.74, 6) is -0.688. The molecule has 1 N–H and O–H groups in total. The molecule has 0 aliphatic carbocycles. The molecule has 6 nitrogen and oxygen atoms in total. The van der Waals surface area contributed by atoms with Crippen molar-refractivity contribution >= 4 is 22.6 Å². The molecule has 0 aliphatic heterocycles. The fourth-order valence-electron chi connectivity index (χ4n) is 3.16. The van der Waals surface area contributed by atoms with Gasteiger partial charge in [-0.2, -0.15) is 0 Å². The van der Waals surface area contributed by atoms with Gasteiger partial charge in [0, 0.05) is 23.5 Å². The molecule has 1 amide bonds. The van der Waals surface area contributed by atoms with Gasteiger partial charge in [-0.05, 0) is 53.8 Å². The number of furan rings is 1. The Morgan fingerprint density at radius 2 is 2.07 bits per heavy atom. The zero-order chi connectivity index (χ0) is 20.6. The van der Waals surface area contributed by atoms with Crippen LogP contribution < -0.4 is 5.32 Å². The van der Waals surface area contributed by atoms with Gasteiger partial charge >= 0.3 is 0 Å². The molecule has 0 unspecified atom stereocenters. The molecule has 0 saturated carbocycles. The first-order chi connectivity index (χ1) is 13.8. The molecule has 7 heteroatoms. The van der Waals surface area contributed by atoms with Crippen LogP contribution in [0.25, 0.3) is 16.7 Å². The van der Waals surface area contributed by atoms with E-state index in [0.29, 0.717) is 11.3 Å². The summed E-state index contributed by atoms with van der Waals surface area (Å²) in [4.78, 5) is 16.6. The fourth-order valence-corrected chi connectivity index (χ4v) is 3.16. The van der Waals surface area contributed by atoms with E-state index in [2.05, 4.69) is 36.2 Å². The Bertz CT molecular complexity index is 1170. The number of carbonyl (C=O) groups is 1. The van der Waals surface area contributed by atoms with Crippen molar-refractivity contribution in [3.05, 3.63) is 72.2 Å². The quantitative estimate of drug-likeness (QED) is 0.531. The Morgan fingerprint density at radius 3 is 2.79 bits per heavy atom. The highest BCUT2D eigenvalue weighted by atomic mass is 19.1. The number of fused-ring (bicyclic) bond motifs is 1. The van der Waals surface area contributed by atoms with Gasteiger partial charge in [-0.1, -0.05) is 20.8 Å². The second-order valence-electron chi connectivity index (χ2n) is 8.17. The molecular weight excluding hydrogens is 371 g/mol. The summed E-state index contributed by atoms with van der Waals surface area (Å²) in [7, 11) is 0. The Morgan fingerprint density at radius 1 is 1.24 bits per heavy atom. The van der Waals surface area contributed by atoms with Crippen LogP contribution in [0, 0.1) is 11.2 Å². The number of hydrogen-bond acceptors (Lipinski definition) is 4. The van der Waals surface area contributed by atoms with E-state index in [-0.39, 0.29) is 16.9 Å². The number of anilines is 1. The maximum Gasteiger partial charge on any atom is 0.291 e. The van der Waals surface area contributed by atoms with Crippen molar-refractivity contribution in [2.75, 3.05) is 5.32 Å². The number of rotatable bonds is 4. The number of pyridine rings is 1. The minimum absolute atomic E-state index is 0.137. The standard InChI is InChI=1S/C22H21FN4O2/c1-22(2,3)11-14-9-15-13-27(26-20(15)24-12-14)18-10-16(6-7-17(18)23)25-21(28)19-5-4-8-29-19/h4-10,12-13H,11H2,1-3H3,(H,25,28). The summed E-state index contributed by atoms with van der Waals surface area (Å²) in [5.41, 5.74) is 2.43. The lowest BCUT2D eigenvalue weighted by atomic mass is 9.89. The normalized spacial score (nSPS) is 11.7. The van der Waals surface area contributed by atoms with Crippen molar-refractivity contribution in [3.8, 4) is 5.69 Å². The molecule has 4 aromatic rings. The molecule has 0 aliphatic rings. The van der Waals surface area contributed by atoms with Crippen molar-refractivity contribution in [1.82, 2.24) is 14.8 Å². The second kappa shape index (κ2) is 7.16. The van der Waals surface area contributed by atoms with Crippen molar-refractivity contribution < 1.29 is 13.6 Å². The maximum absolute atomic E-state index is 14.5. The lowest BCUT2D eigenvalue weighted by Gasteiger charge is -2.17. The highest BCUT2D eigenvalue weighted by Crippen LogP contribution is 2.24. The number of aromatic nitrogens is 3. The smallest absolute Gasteiger partial charge is 0.291 e. The molecular formula is C22H21FN4O2. The van der Waals surface area contributed by atoms with Crippen molar-refractivity contribution in [1.29, 1.82) is 0 Å². The molecule has 0 bridgehead atoms. The van der Waals surface area contributed by atoms with Gasteiger partial charge in [-0.15, -0.1) is 5.10 Å². The lowest BCUT2D eigenvalue weighted by molar-refractivity contribution is 0.0996. The van der Waals surface area contributed by atoms with Gasteiger partial charge in [0.15, 0.2) is 11.4 Å². The van der Waals surface area contributed by atoms with Gasteiger partial charge in [0.2, 0.25) is 0 Å². The Kier molecular flexibility index (Phi) is 4.66. The first-order valence-electron chi connectivity index (χ1n) is 9.28. The summed E-state index contributed by atoms with van der Waals surface area (Å²) >= 11 is 0. The van der Waals surface area contributed by atoms with Gasteiger partial charge in [-0.25, -0.2) is 14.1 Å². The number of nitrogens with zero attached hydrogens (tertiary/aromatic N) is 3. The summed E-state index contributed by atoms with van der Waals surface area (Å²) < 4.78 is 21.0.